The van der Waals surface area contributed by atoms with Gasteiger partial charge in [0.05, 0.1) is 6.61 Å². The molecule has 3 rings (SSSR count). The molecule has 1 heterocycles. The fourth-order valence-electron chi connectivity index (χ4n) is 3.91. The molecule has 2 aromatic rings. The summed E-state index contributed by atoms with van der Waals surface area (Å²) in [5.74, 6) is -0.475. The Kier molecular flexibility index (Phi) is 9.82. The predicted octanol–water partition coefficient (Wildman–Crippen LogP) is 3.43. The minimum atomic E-state index is -1.43. The number of carbonyl (C=O) groups excluding carboxylic acids is 2. The number of halogens is 1. The molecule has 206 valence electrons. The van der Waals surface area contributed by atoms with Crippen molar-refractivity contribution in [3.63, 3.8) is 0 Å². The van der Waals surface area contributed by atoms with E-state index in [-0.39, 0.29) is 31.9 Å². The fourth-order valence-corrected chi connectivity index (χ4v) is 3.91. The maximum Gasteiger partial charge on any atom is 0.306 e. The van der Waals surface area contributed by atoms with E-state index < -0.39 is 34.9 Å². The van der Waals surface area contributed by atoms with E-state index in [1.807, 2.05) is 0 Å². The first-order valence-corrected chi connectivity index (χ1v) is 12.6. The van der Waals surface area contributed by atoms with Crippen LogP contribution in [0.3, 0.4) is 0 Å². The zero-order valence-electron chi connectivity index (χ0n) is 22.3. The van der Waals surface area contributed by atoms with Crippen molar-refractivity contribution in [3.8, 4) is 5.75 Å². The second kappa shape index (κ2) is 12.8. The quantitative estimate of drug-likeness (QED) is 0.219. The first-order valence-electron chi connectivity index (χ1n) is 12.6. The monoisotopic (exact) mass is 529 g/mol. The number of aliphatic hydroxyl groups excluding tert-OH is 1. The Morgan fingerprint density at radius 1 is 1.16 bits per heavy atom. The summed E-state index contributed by atoms with van der Waals surface area (Å²) in [7, 11) is 0. The van der Waals surface area contributed by atoms with E-state index in [4.69, 9.17) is 19.3 Å². The number of nitrogens with zero attached hydrogens (tertiary/aromatic N) is 1. The number of hydrogen-bond acceptors (Lipinski definition) is 8. The zero-order valence-corrected chi connectivity index (χ0v) is 22.3. The van der Waals surface area contributed by atoms with Crippen molar-refractivity contribution in [2.24, 2.45) is 4.99 Å². The highest BCUT2D eigenvalue weighted by Gasteiger charge is 2.50. The molecule has 0 bridgehead atoms. The van der Waals surface area contributed by atoms with Gasteiger partial charge >= 0.3 is 5.97 Å². The topological polar surface area (TPSA) is 118 Å². The molecule has 0 saturated carbocycles. The first kappa shape index (κ1) is 29.1. The van der Waals surface area contributed by atoms with Gasteiger partial charge in [0, 0.05) is 37.1 Å². The summed E-state index contributed by atoms with van der Waals surface area (Å²) in [5.41, 5.74) is 4.31. The van der Waals surface area contributed by atoms with Gasteiger partial charge in [0.1, 0.15) is 23.3 Å². The predicted molar refractivity (Wildman–Crippen MR) is 140 cm³/mol. The normalized spacial score (nSPS) is 18.9. The highest BCUT2D eigenvalue weighted by molar-refractivity contribution is 6.00. The molecule has 1 aliphatic rings. The summed E-state index contributed by atoms with van der Waals surface area (Å²) in [6.07, 6.45) is -0.187. The summed E-state index contributed by atoms with van der Waals surface area (Å²) in [5, 5.41) is 8.91. The minimum absolute atomic E-state index is 0.0438. The maximum atomic E-state index is 14.0. The SMILES string of the molecule is C[C@@H]1OC(c2ccc(OCCCO)cc2)=N[C@]1(CCC(=O)OC(C)(C)C)C(=O)NNCc1ccccc1F. The van der Waals surface area contributed by atoms with Gasteiger partial charge in [-0.1, -0.05) is 18.2 Å². The summed E-state index contributed by atoms with van der Waals surface area (Å²) in [4.78, 5) is 30.6. The van der Waals surface area contributed by atoms with Gasteiger partial charge in [0.25, 0.3) is 5.91 Å². The lowest BCUT2D eigenvalue weighted by molar-refractivity contribution is -0.155. The third-order valence-corrected chi connectivity index (χ3v) is 5.90. The van der Waals surface area contributed by atoms with Gasteiger partial charge in [-0.2, -0.15) is 0 Å². The Balaban J connectivity index is 1.79. The van der Waals surface area contributed by atoms with E-state index in [0.717, 1.165) is 0 Å². The van der Waals surface area contributed by atoms with Gasteiger partial charge in [-0.05, 0) is 64.4 Å². The van der Waals surface area contributed by atoms with Crippen molar-refractivity contribution in [2.75, 3.05) is 13.2 Å². The Morgan fingerprint density at radius 3 is 2.53 bits per heavy atom. The van der Waals surface area contributed by atoms with Gasteiger partial charge in [0.15, 0.2) is 5.54 Å². The van der Waals surface area contributed by atoms with E-state index in [0.29, 0.717) is 29.9 Å². The Morgan fingerprint density at radius 2 is 1.87 bits per heavy atom. The molecule has 2 atom stereocenters. The molecule has 0 saturated heterocycles. The van der Waals surface area contributed by atoms with Crippen molar-refractivity contribution >= 4 is 17.8 Å². The van der Waals surface area contributed by atoms with Gasteiger partial charge < -0.3 is 19.3 Å². The Labute approximate surface area is 222 Å². The average molecular weight is 530 g/mol. The van der Waals surface area contributed by atoms with E-state index >= 15 is 0 Å². The highest BCUT2D eigenvalue weighted by atomic mass is 19.1. The van der Waals surface area contributed by atoms with Crippen molar-refractivity contribution in [1.29, 1.82) is 0 Å². The summed E-state index contributed by atoms with van der Waals surface area (Å²) in [6.45, 7) is 7.53. The molecule has 0 spiro atoms. The lowest BCUT2D eigenvalue weighted by Gasteiger charge is -2.28. The van der Waals surface area contributed by atoms with Crippen LogP contribution < -0.4 is 15.6 Å². The van der Waals surface area contributed by atoms with Crippen LogP contribution >= 0.6 is 0 Å². The van der Waals surface area contributed by atoms with Crippen molar-refractivity contribution in [3.05, 3.63) is 65.5 Å². The van der Waals surface area contributed by atoms with Crippen LogP contribution in [-0.4, -0.2) is 53.3 Å². The van der Waals surface area contributed by atoms with Crippen LogP contribution in [0.1, 0.15) is 58.1 Å². The van der Waals surface area contributed by atoms with E-state index in [9.17, 15) is 14.0 Å². The lowest BCUT2D eigenvalue weighted by atomic mass is 9.88. The fraction of sp³-hybridized carbons (Fsp3) is 0.464. The number of rotatable bonds is 12. The Hall–Kier alpha value is -3.50. The third kappa shape index (κ3) is 7.75. The number of ether oxygens (including phenoxy) is 3. The summed E-state index contributed by atoms with van der Waals surface area (Å²) < 4.78 is 31.0. The molecule has 38 heavy (non-hydrogen) atoms. The van der Waals surface area contributed by atoms with Crippen molar-refractivity contribution in [2.45, 2.75) is 70.7 Å². The van der Waals surface area contributed by atoms with Crippen LogP contribution in [0.2, 0.25) is 0 Å². The molecule has 10 heteroatoms. The number of benzene rings is 2. The third-order valence-electron chi connectivity index (χ3n) is 5.90. The summed E-state index contributed by atoms with van der Waals surface area (Å²) in [6, 6.07) is 13.3. The standard InChI is InChI=1S/C28H36FN3O6/c1-19-28(15-14-24(34)38-27(2,3)4,26(35)32-30-18-21-8-5-6-9-23(21)29)31-25(37-19)20-10-12-22(13-11-20)36-17-7-16-33/h5-6,8-13,19,30,33H,7,14-18H2,1-4H3,(H,32,35)/t19-,28-/m0/s1. The van der Waals surface area contributed by atoms with Gasteiger partial charge in [-0.25, -0.2) is 14.8 Å². The molecule has 0 aliphatic carbocycles. The molecule has 3 N–H and O–H groups in total. The molecular formula is C28H36FN3O6. The Bertz CT molecular complexity index is 1130. The first-order chi connectivity index (χ1) is 18.0. The van der Waals surface area contributed by atoms with E-state index in [2.05, 4.69) is 15.8 Å². The molecular weight excluding hydrogens is 493 g/mol. The van der Waals surface area contributed by atoms with Crippen LogP contribution in [0.25, 0.3) is 0 Å². The summed E-state index contributed by atoms with van der Waals surface area (Å²) >= 11 is 0. The number of hydrogen-bond donors (Lipinski definition) is 3. The molecule has 0 radical (unpaired) electrons. The number of esters is 1. The van der Waals surface area contributed by atoms with Gasteiger partial charge in [-0.3, -0.25) is 15.0 Å². The number of aliphatic imine (C=N–C) groups is 1. The smallest absolute Gasteiger partial charge is 0.306 e. The van der Waals surface area contributed by atoms with Gasteiger partial charge in [0.2, 0.25) is 5.90 Å². The number of carbonyl (C=O) groups is 2. The maximum absolute atomic E-state index is 14.0. The average Bonchev–Trinajstić information content (AvgIpc) is 3.20. The number of aliphatic hydroxyl groups is 1. The minimum Gasteiger partial charge on any atom is -0.494 e. The number of hydrazine groups is 1. The molecule has 9 nitrogen and oxygen atoms in total. The van der Waals surface area contributed by atoms with Crippen LogP contribution in [-0.2, 0) is 25.6 Å². The molecule has 1 amide bonds. The largest absolute Gasteiger partial charge is 0.494 e. The van der Waals surface area contributed by atoms with Crippen LogP contribution in [0, 0.1) is 5.82 Å². The number of nitrogens with one attached hydrogen (secondary N) is 2. The zero-order chi connectivity index (χ0) is 27.8. The van der Waals surface area contributed by atoms with E-state index in [1.165, 1.54) is 6.07 Å². The lowest BCUT2D eigenvalue weighted by Crippen LogP contribution is -2.54. The molecule has 0 aromatic heterocycles. The molecule has 2 aromatic carbocycles. The van der Waals surface area contributed by atoms with Crippen LogP contribution in [0.15, 0.2) is 53.5 Å². The van der Waals surface area contributed by atoms with Crippen LogP contribution in [0.5, 0.6) is 5.75 Å². The number of amides is 1. The van der Waals surface area contributed by atoms with Gasteiger partial charge in [-0.15, -0.1) is 0 Å². The van der Waals surface area contributed by atoms with Crippen molar-refractivity contribution < 1.29 is 33.3 Å². The highest BCUT2D eigenvalue weighted by Crippen LogP contribution is 2.34. The van der Waals surface area contributed by atoms with E-state index in [1.54, 1.807) is 70.2 Å². The second-order valence-electron chi connectivity index (χ2n) is 10.0. The second-order valence-corrected chi connectivity index (χ2v) is 10.0. The molecule has 1 aliphatic heterocycles. The molecule has 0 unspecified atom stereocenters. The van der Waals surface area contributed by atoms with Crippen LogP contribution in [0.4, 0.5) is 4.39 Å². The molecule has 0 fully saturated rings. The van der Waals surface area contributed by atoms with Crippen molar-refractivity contribution in [1.82, 2.24) is 10.9 Å².